The lowest BCUT2D eigenvalue weighted by atomic mass is 9.94. The van der Waals surface area contributed by atoms with Gasteiger partial charge in [-0.3, -0.25) is 14.9 Å². The molecule has 1 atom stereocenters. The summed E-state index contributed by atoms with van der Waals surface area (Å²) in [5, 5.41) is 17.5. The third-order valence-corrected chi connectivity index (χ3v) is 4.79. The van der Waals surface area contributed by atoms with Crippen molar-refractivity contribution in [3.8, 4) is 0 Å². The maximum absolute atomic E-state index is 13.0. The molecule has 0 saturated heterocycles. The molecule has 0 aromatic heterocycles. The highest BCUT2D eigenvalue weighted by molar-refractivity contribution is 6.04. The summed E-state index contributed by atoms with van der Waals surface area (Å²) >= 11 is 0. The van der Waals surface area contributed by atoms with Crippen LogP contribution in [0.25, 0.3) is 0 Å². The number of carbonyl (C=O) groups excluding carboxylic acids is 1. The van der Waals surface area contributed by atoms with E-state index < -0.39 is 11.0 Å². The Kier molecular flexibility index (Phi) is 6.58. The second kappa shape index (κ2) is 9.32. The van der Waals surface area contributed by atoms with E-state index in [9.17, 15) is 14.9 Å². The molecule has 0 aliphatic carbocycles. The number of aliphatic imine (C=N–C) groups is 1. The Morgan fingerprint density at radius 3 is 2.60 bits per heavy atom. The first-order valence-electron chi connectivity index (χ1n) is 9.65. The average molecular weight is 407 g/mol. The van der Waals surface area contributed by atoms with E-state index in [0.717, 1.165) is 5.56 Å². The minimum atomic E-state index is -0.558. The molecule has 2 aromatic rings. The van der Waals surface area contributed by atoms with Crippen LogP contribution in [-0.4, -0.2) is 48.8 Å². The Labute approximate surface area is 175 Å². The number of hydrogen-bond donors (Lipinski definition) is 2. The second-order valence-electron chi connectivity index (χ2n) is 7.31. The van der Waals surface area contributed by atoms with Gasteiger partial charge in [0.2, 0.25) is 0 Å². The van der Waals surface area contributed by atoms with Crippen LogP contribution in [-0.2, 0) is 4.79 Å². The number of amidine groups is 1. The Bertz CT molecular complexity index is 999. The summed E-state index contributed by atoms with van der Waals surface area (Å²) in [6.45, 7) is 2.97. The first kappa shape index (κ1) is 21.2. The molecule has 1 heterocycles. The Balaban J connectivity index is 2.01. The minimum absolute atomic E-state index is 0.0249. The van der Waals surface area contributed by atoms with Crippen LogP contribution in [0.4, 0.5) is 5.69 Å². The van der Waals surface area contributed by atoms with Crippen LogP contribution in [0.1, 0.15) is 24.1 Å². The van der Waals surface area contributed by atoms with Crippen molar-refractivity contribution in [3.63, 3.8) is 0 Å². The average Bonchev–Trinajstić information content (AvgIpc) is 2.73. The zero-order valence-electron chi connectivity index (χ0n) is 17.3. The predicted octanol–water partition coefficient (Wildman–Crippen LogP) is 2.64. The summed E-state index contributed by atoms with van der Waals surface area (Å²) in [4.78, 5) is 30.4. The molecule has 0 spiro atoms. The van der Waals surface area contributed by atoms with Crippen molar-refractivity contribution in [2.75, 3.05) is 27.2 Å². The maximum atomic E-state index is 13.0. The smallest absolute Gasteiger partial charge is 0.269 e. The summed E-state index contributed by atoms with van der Waals surface area (Å²) in [5.41, 5.74) is 2.51. The number of amides is 1. The molecule has 30 heavy (non-hydrogen) atoms. The number of likely N-dealkylation sites (N-methyl/N-ethyl adjacent to an activating group) is 1. The number of nitrogens with one attached hydrogen (secondary N) is 2. The second-order valence-corrected chi connectivity index (χ2v) is 7.31. The van der Waals surface area contributed by atoms with E-state index in [2.05, 4.69) is 15.6 Å². The van der Waals surface area contributed by atoms with Gasteiger partial charge < -0.3 is 15.5 Å². The summed E-state index contributed by atoms with van der Waals surface area (Å²) < 4.78 is 0. The first-order valence-corrected chi connectivity index (χ1v) is 9.65. The highest BCUT2D eigenvalue weighted by Crippen LogP contribution is 2.31. The van der Waals surface area contributed by atoms with Gasteiger partial charge in [0, 0.05) is 30.8 Å². The third-order valence-electron chi connectivity index (χ3n) is 4.79. The van der Waals surface area contributed by atoms with Gasteiger partial charge in [0.15, 0.2) is 0 Å². The van der Waals surface area contributed by atoms with E-state index in [-0.39, 0.29) is 11.6 Å². The highest BCUT2D eigenvalue weighted by Gasteiger charge is 2.30. The minimum Gasteiger partial charge on any atom is -0.358 e. The SMILES string of the molecule is CC1=C(C(=O)NCCN(C)C)C(c2cccc([N+](=O)[O-])c2)NC(c2ccccc2)=N1. The molecule has 3 rings (SSSR count). The Morgan fingerprint density at radius 2 is 1.93 bits per heavy atom. The van der Waals surface area contributed by atoms with Crippen molar-refractivity contribution in [3.05, 3.63) is 87.1 Å². The topological polar surface area (TPSA) is 99.9 Å². The van der Waals surface area contributed by atoms with Crippen molar-refractivity contribution < 1.29 is 9.72 Å². The number of rotatable bonds is 7. The van der Waals surface area contributed by atoms with E-state index in [4.69, 9.17) is 0 Å². The normalized spacial score (nSPS) is 16.1. The van der Waals surface area contributed by atoms with Crippen LogP contribution in [0.2, 0.25) is 0 Å². The van der Waals surface area contributed by atoms with Crippen LogP contribution >= 0.6 is 0 Å². The molecule has 2 aromatic carbocycles. The van der Waals surface area contributed by atoms with Gasteiger partial charge in [-0.1, -0.05) is 42.5 Å². The summed E-state index contributed by atoms with van der Waals surface area (Å²) in [6, 6.07) is 15.3. The summed E-state index contributed by atoms with van der Waals surface area (Å²) in [7, 11) is 3.86. The van der Waals surface area contributed by atoms with Crippen LogP contribution < -0.4 is 10.6 Å². The van der Waals surface area contributed by atoms with E-state index in [0.29, 0.717) is 35.8 Å². The molecular weight excluding hydrogens is 382 g/mol. The summed E-state index contributed by atoms with van der Waals surface area (Å²) in [5.74, 6) is 0.378. The largest absolute Gasteiger partial charge is 0.358 e. The molecule has 8 heteroatoms. The number of nitrogens with zero attached hydrogens (tertiary/aromatic N) is 3. The van der Waals surface area contributed by atoms with Crippen LogP contribution in [0.3, 0.4) is 0 Å². The van der Waals surface area contributed by atoms with Gasteiger partial charge in [0.05, 0.1) is 22.2 Å². The Hall–Kier alpha value is -3.52. The Morgan fingerprint density at radius 1 is 1.20 bits per heavy atom. The molecule has 2 N–H and O–H groups in total. The maximum Gasteiger partial charge on any atom is 0.269 e. The predicted molar refractivity (Wildman–Crippen MR) is 116 cm³/mol. The van der Waals surface area contributed by atoms with Gasteiger partial charge in [-0.25, -0.2) is 4.99 Å². The molecule has 1 unspecified atom stereocenters. The van der Waals surface area contributed by atoms with Gasteiger partial charge >= 0.3 is 0 Å². The number of carbonyl (C=O) groups is 1. The number of nitro groups is 1. The fourth-order valence-corrected chi connectivity index (χ4v) is 3.27. The molecule has 8 nitrogen and oxygen atoms in total. The van der Waals surface area contributed by atoms with Gasteiger partial charge in [0.25, 0.3) is 11.6 Å². The molecule has 0 saturated carbocycles. The zero-order valence-corrected chi connectivity index (χ0v) is 17.3. The molecular formula is C22H25N5O3. The lowest BCUT2D eigenvalue weighted by Gasteiger charge is -2.28. The molecule has 0 bridgehead atoms. The van der Waals surface area contributed by atoms with Gasteiger partial charge in [-0.2, -0.15) is 0 Å². The number of benzene rings is 2. The molecule has 0 fully saturated rings. The van der Waals surface area contributed by atoms with Crippen LogP contribution in [0, 0.1) is 10.1 Å². The molecule has 1 amide bonds. The highest BCUT2D eigenvalue weighted by atomic mass is 16.6. The number of allylic oxidation sites excluding steroid dienone is 1. The third kappa shape index (κ3) is 4.90. The van der Waals surface area contributed by atoms with Crippen molar-refractivity contribution in [1.29, 1.82) is 0 Å². The lowest BCUT2D eigenvalue weighted by molar-refractivity contribution is -0.384. The van der Waals surface area contributed by atoms with Crippen molar-refractivity contribution in [2.24, 2.45) is 4.99 Å². The van der Waals surface area contributed by atoms with Gasteiger partial charge in [-0.15, -0.1) is 0 Å². The summed E-state index contributed by atoms with van der Waals surface area (Å²) in [6.07, 6.45) is 0. The number of hydrogen-bond acceptors (Lipinski definition) is 6. The van der Waals surface area contributed by atoms with E-state index in [1.165, 1.54) is 12.1 Å². The molecule has 0 radical (unpaired) electrons. The standard InChI is InChI=1S/C22H25N5O3/c1-15-19(22(28)23-12-13-26(2)3)20(17-10-7-11-18(14-17)27(29)30)25-21(24-15)16-8-5-4-6-9-16/h4-11,14,20H,12-13H2,1-3H3,(H,23,28)(H,24,25). The number of nitro benzene ring substituents is 1. The fourth-order valence-electron chi connectivity index (χ4n) is 3.27. The van der Waals surface area contributed by atoms with E-state index >= 15 is 0 Å². The van der Waals surface area contributed by atoms with Crippen LogP contribution in [0.15, 0.2) is 70.9 Å². The number of non-ortho nitro benzene ring substituents is 1. The molecule has 1 aliphatic heterocycles. The van der Waals surface area contributed by atoms with Gasteiger partial charge in [-0.05, 0) is 26.6 Å². The zero-order chi connectivity index (χ0) is 21.7. The van der Waals surface area contributed by atoms with Crippen LogP contribution in [0.5, 0.6) is 0 Å². The van der Waals surface area contributed by atoms with Crippen molar-refractivity contribution in [1.82, 2.24) is 15.5 Å². The fraction of sp³-hybridized carbons (Fsp3) is 0.273. The quantitative estimate of drug-likeness (QED) is 0.543. The van der Waals surface area contributed by atoms with E-state index in [1.54, 1.807) is 19.1 Å². The van der Waals surface area contributed by atoms with Crippen molar-refractivity contribution in [2.45, 2.75) is 13.0 Å². The van der Waals surface area contributed by atoms with Crippen molar-refractivity contribution >= 4 is 17.4 Å². The molecule has 1 aliphatic rings. The monoisotopic (exact) mass is 407 g/mol. The lowest BCUT2D eigenvalue weighted by Crippen LogP contribution is -2.41. The van der Waals surface area contributed by atoms with Gasteiger partial charge in [0.1, 0.15) is 5.84 Å². The van der Waals surface area contributed by atoms with E-state index in [1.807, 2.05) is 49.3 Å². The first-order chi connectivity index (χ1) is 14.4. The molecule has 156 valence electrons.